The molecule has 1 aromatic heterocycles. The molecule has 0 spiro atoms. The standard InChI is InChI=1S/C13H17Cl2N3O/c1-7-5-10(14)17-12(15)11(7)18-13(19)9-4-2-3-8(9)6-16/h5,8-9H,2-4,6,16H2,1H3,(H,18,19). The molecule has 0 radical (unpaired) electrons. The van der Waals surface area contributed by atoms with E-state index in [4.69, 9.17) is 28.9 Å². The van der Waals surface area contributed by atoms with E-state index in [-0.39, 0.29) is 22.9 Å². The molecule has 4 nitrogen and oxygen atoms in total. The van der Waals surface area contributed by atoms with Gasteiger partial charge < -0.3 is 11.1 Å². The molecule has 0 bridgehead atoms. The Morgan fingerprint density at radius 3 is 2.89 bits per heavy atom. The van der Waals surface area contributed by atoms with Crippen LogP contribution in [0.15, 0.2) is 6.07 Å². The summed E-state index contributed by atoms with van der Waals surface area (Å²) in [6.45, 7) is 2.38. The minimum Gasteiger partial charge on any atom is -0.330 e. The highest BCUT2D eigenvalue weighted by molar-refractivity contribution is 6.34. The second-order valence-electron chi connectivity index (χ2n) is 4.95. The summed E-state index contributed by atoms with van der Waals surface area (Å²) < 4.78 is 0. The molecule has 2 rings (SSSR count). The van der Waals surface area contributed by atoms with Crippen LogP contribution >= 0.6 is 23.2 Å². The third kappa shape index (κ3) is 3.19. The maximum absolute atomic E-state index is 12.3. The molecule has 3 N–H and O–H groups in total. The SMILES string of the molecule is Cc1cc(Cl)nc(Cl)c1NC(=O)C1CCCC1CN. The van der Waals surface area contributed by atoms with E-state index in [2.05, 4.69) is 10.3 Å². The minimum atomic E-state index is -0.0313. The van der Waals surface area contributed by atoms with Gasteiger partial charge in [0.1, 0.15) is 5.15 Å². The van der Waals surface area contributed by atoms with Crippen LogP contribution in [0.2, 0.25) is 10.3 Å². The molecular weight excluding hydrogens is 285 g/mol. The number of anilines is 1. The van der Waals surface area contributed by atoms with Crippen LogP contribution in [-0.2, 0) is 4.79 Å². The first-order valence-electron chi connectivity index (χ1n) is 6.36. The van der Waals surface area contributed by atoms with Crippen LogP contribution in [0.1, 0.15) is 24.8 Å². The van der Waals surface area contributed by atoms with Crippen LogP contribution in [0.3, 0.4) is 0 Å². The zero-order chi connectivity index (χ0) is 14.0. The lowest BCUT2D eigenvalue weighted by molar-refractivity contribution is -0.120. The maximum Gasteiger partial charge on any atom is 0.227 e. The molecule has 1 amide bonds. The number of nitrogens with two attached hydrogens (primary N) is 1. The van der Waals surface area contributed by atoms with Gasteiger partial charge >= 0.3 is 0 Å². The normalized spacial score (nSPS) is 22.5. The molecule has 19 heavy (non-hydrogen) atoms. The molecule has 1 aliphatic rings. The fraction of sp³-hybridized carbons (Fsp3) is 0.538. The lowest BCUT2D eigenvalue weighted by atomic mass is 9.95. The largest absolute Gasteiger partial charge is 0.330 e. The summed E-state index contributed by atoms with van der Waals surface area (Å²) in [5.41, 5.74) is 7.05. The number of nitrogens with one attached hydrogen (secondary N) is 1. The van der Waals surface area contributed by atoms with Gasteiger partial charge in [0.25, 0.3) is 0 Å². The zero-order valence-corrected chi connectivity index (χ0v) is 12.3. The lowest BCUT2D eigenvalue weighted by Crippen LogP contribution is -2.30. The van der Waals surface area contributed by atoms with E-state index >= 15 is 0 Å². The lowest BCUT2D eigenvalue weighted by Gasteiger charge is -2.18. The third-order valence-electron chi connectivity index (χ3n) is 3.69. The van der Waals surface area contributed by atoms with Crippen molar-refractivity contribution in [3.8, 4) is 0 Å². The van der Waals surface area contributed by atoms with Crippen molar-refractivity contribution in [2.24, 2.45) is 17.6 Å². The number of nitrogens with zero attached hydrogens (tertiary/aromatic N) is 1. The maximum atomic E-state index is 12.3. The number of hydrogen-bond acceptors (Lipinski definition) is 3. The molecule has 2 atom stereocenters. The first kappa shape index (κ1) is 14.6. The van der Waals surface area contributed by atoms with E-state index in [0.717, 1.165) is 24.8 Å². The Morgan fingerprint density at radius 2 is 2.26 bits per heavy atom. The van der Waals surface area contributed by atoms with Crippen molar-refractivity contribution in [2.75, 3.05) is 11.9 Å². The fourth-order valence-corrected chi connectivity index (χ4v) is 3.20. The Bertz CT molecular complexity index is 470. The van der Waals surface area contributed by atoms with Crippen LogP contribution in [0.4, 0.5) is 5.69 Å². The number of amides is 1. The van der Waals surface area contributed by atoms with Gasteiger partial charge in [0.05, 0.1) is 5.69 Å². The quantitative estimate of drug-likeness (QED) is 0.843. The molecule has 1 saturated carbocycles. The number of rotatable bonds is 3. The topological polar surface area (TPSA) is 68.0 Å². The first-order valence-corrected chi connectivity index (χ1v) is 7.12. The first-order chi connectivity index (χ1) is 9.02. The summed E-state index contributed by atoms with van der Waals surface area (Å²) in [6.07, 6.45) is 2.94. The van der Waals surface area contributed by atoms with E-state index in [1.165, 1.54) is 0 Å². The predicted octanol–water partition coefficient (Wildman–Crippen LogP) is 3.01. The minimum absolute atomic E-state index is 0.0259. The molecule has 1 heterocycles. The van der Waals surface area contributed by atoms with E-state index in [9.17, 15) is 4.79 Å². The Kier molecular flexibility index (Phi) is 4.66. The highest BCUT2D eigenvalue weighted by Gasteiger charge is 2.32. The number of pyridine rings is 1. The van der Waals surface area contributed by atoms with E-state index in [1.807, 2.05) is 6.92 Å². The van der Waals surface area contributed by atoms with Gasteiger partial charge in [0.15, 0.2) is 5.15 Å². The number of carbonyl (C=O) groups is 1. The van der Waals surface area contributed by atoms with Gasteiger partial charge in [-0.05, 0) is 43.9 Å². The number of hydrogen-bond donors (Lipinski definition) is 2. The highest BCUT2D eigenvalue weighted by atomic mass is 35.5. The summed E-state index contributed by atoms with van der Waals surface area (Å²) in [6, 6.07) is 1.68. The van der Waals surface area contributed by atoms with Crippen LogP contribution in [0.5, 0.6) is 0 Å². The van der Waals surface area contributed by atoms with Gasteiger partial charge in [0.2, 0.25) is 5.91 Å². The van der Waals surface area contributed by atoms with Crippen molar-refractivity contribution < 1.29 is 4.79 Å². The van der Waals surface area contributed by atoms with Gasteiger partial charge in [0, 0.05) is 5.92 Å². The predicted molar refractivity (Wildman–Crippen MR) is 77.5 cm³/mol. The van der Waals surface area contributed by atoms with Crippen molar-refractivity contribution >= 4 is 34.8 Å². The van der Waals surface area contributed by atoms with Gasteiger partial charge in [-0.1, -0.05) is 29.6 Å². The Morgan fingerprint density at radius 1 is 1.53 bits per heavy atom. The van der Waals surface area contributed by atoms with Crippen molar-refractivity contribution in [3.05, 3.63) is 21.9 Å². The van der Waals surface area contributed by atoms with Gasteiger partial charge in [-0.2, -0.15) is 0 Å². The number of aromatic nitrogens is 1. The summed E-state index contributed by atoms with van der Waals surface area (Å²) in [4.78, 5) is 16.2. The fourth-order valence-electron chi connectivity index (χ4n) is 2.63. The Hall–Kier alpha value is -0.840. The summed E-state index contributed by atoms with van der Waals surface area (Å²) in [5, 5.41) is 3.41. The van der Waals surface area contributed by atoms with E-state index < -0.39 is 0 Å². The average molecular weight is 302 g/mol. The number of carbonyl (C=O) groups excluding carboxylic acids is 1. The molecule has 1 aliphatic carbocycles. The average Bonchev–Trinajstić information content (AvgIpc) is 2.81. The van der Waals surface area contributed by atoms with E-state index in [0.29, 0.717) is 17.4 Å². The van der Waals surface area contributed by atoms with Crippen LogP contribution in [0.25, 0.3) is 0 Å². The van der Waals surface area contributed by atoms with Gasteiger partial charge in [-0.3, -0.25) is 4.79 Å². The molecule has 1 aromatic rings. The summed E-state index contributed by atoms with van der Waals surface area (Å²) >= 11 is 11.8. The molecule has 0 aliphatic heterocycles. The van der Waals surface area contributed by atoms with Gasteiger partial charge in [-0.25, -0.2) is 4.98 Å². The van der Waals surface area contributed by atoms with Crippen LogP contribution in [0, 0.1) is 18.8 Å². The van der Waals surface area contributed by atoms with Crippen molar-refractivity contribution in [1.82, 2.24) is 4.98 Å². The van der Waals surface area contributed by atoms with Crippen molar-refractivity contribution in [3.63, 3.8) is 0 Å². The summed E-state index contributed by atoms with van der Waals surface area (Å²) in [5.74, 6) is 0.206. The Balaban J connectivity index is 2.15. The second kappa shape index (κ2) is 6.07. The molecule has 0 aromatic carbocycles. The number of aryl methyl sites for hydroxylation is 1. The third-order valence-corrected chi connectivity index (χ3v) is 4.16. The van der Waals surface area contributed by atoms with E-state index in [1.54, 1.807) is 6.07 Å². The molecule has 0 saturated heterocycles. The van der Waals surface area contributed by atoms with Crippen molar-refractivity contribution in [1.29, 1.82) is 0 Å². The van der Waals surface area contributed by atoms with Crippen LogP contribution in [-0.4, -0.2) is 17.4 Å². The molecule has 2 unspecified atom stereocenters. The Labute approximate surface area is 122 Å². The smallest absolute Gasteiger partial charge is 0.227 e. The van der Waals surface area contributed by atoms with Crippen LogP contribution < -0.4 is 11.1 Å². The zero-order valence-electron chi connectivity index (χ0n) is 10.7. The van der Waals surface area contributed by atoms with Crippen molar-refractivity contribution in [2.45, 2.75) is 26.2 Å². The second-order valence-corrected chi connectivity index (χ2v) is 5.70. The highest BCUT2D eigenvalue weighted by Crippen LogP contribution is 2.33. The molecule has 1 fully saturated rings. The monoisotopic (exact) mass is 301 g/mol. The molecule has 6 heteroatoms. The number of halogens is 2. The summed E-state index contributed by atoms with van der Waals surface area (Å²) in [7, 11) is 0. The van der Waals surface area contributed by atoms with Gasteiger partial charge in [-0.15, -0.1) is 0 Å². The molecule has 104 valence electrons. The molecular formula is C13H17Cl2N3O.